The Morgan fingerprint density at radius 1 is 1.21 bits per heavy atom. The zero-order chi connectivity index (χ0) is 17.3. The summed E-state index contributed by atoms with van der Waals surface area (Å²) in [7, 11) is -0.664. The molecule has 3 rings (SSSR count). The maximum atomic E-state index is 11.3. The van der Waals surface area contributed by atoms with E-state index in [1.165, 1.54) is 7.05 Å². The number of nitrogens with zero attached hydrogens (tertiary/aromatic N) is 4. The van der Waals surface area contributed by atoms with Crippen molar-refractivity contribution in [3.05, 3.63) is 48.0 Å². The van der Waals surface area contributed by atoms with E-state index in [4.69, 9.17) is 9.88 Å². The van der Waals surface area contributed by atoms with E-state index in [0.29, 0.717) is 0 Å². The smallest absolute Gasteiger partial charge is 0.276 e. The van der Waals surface area contributed by atoms with E-state index >= 15 is 0 Å². The van der Waals surface area contributed by atoms with Crippen LogP contribution < -0.4 is 9.88 Å². The largest absolute Gasteiger partial charge is 0.497 e. The highest BCUT2D eigenvalue weighted by Gasteiger charge is 2.12. The molecule has 1 heterocycles. The lowest BCUT2D eigenvalue weighted by Crippen LogP contribution is -2.32. The molecule has 0 saturated carbocycles. The molecule has 9 heteroatoms. The molecule has 0 aliphatic heterocycles. The van der Waals surface area contributed by atoms with Crippen LogP contribution in [0.1, 0.15) is 5.56 Å². The number of benzene rings is 2. The van der Waals surface area contributed by atoms with Gasteiger partial charge in [0.25, 0.3) is 10.2 Å². The standard InChI is InChI=1S/C15H17N5O3S/c1-19(24(16,21)22)10-11-3-5-12(6-4-11)20-15-8-7-13(23-2)9-14(15)17-18-20/h3-9H,10H2,1-2H3,(H2,16,21,22). The van der Waals surface area contributed by atoms with Crippen molar-refractivity contribution in [1.29, 1.82) is 0 Å². The van der Waals surface area contributed by atoms with Crippen molar-refractivity contribution in [2.45, 2.75) is 6.54 Å². The molecule has 3 aromatic rings. The van der Waals surface area contributed by atoms with Gasteiger partial charge >= 0.3 is 0 Å². The highest BCUT2D eigenvalue weighted by molar-refractivity contribution is 7.86. The quantitative estimate of drug-likeness (QED) is 0.743. The van der Waals surface area contributed by atoms with Gasteiger partial charge in [-0.2, -0.15) is 12.7 Å². The lowest BCUT2D eigenvalue weighted by Gasteiger charge is -2.13. The lowest BCUT2D eigenvalue weighted by atomic mass is 10.2. The van der Waals surface area contributed by atoms with Gasteiger partial charge in [-0.3, -0.25) is 0 Å². The van der Waals surface area contributed by atoms with E-state index in [-0.39, 0.29) is 6.54 Å². The minimum absolute atomic E-state index is 0.203. The highest BCUT2D eigenvalue weighted by Crippen LogP contribution is 2.21. The maximum absolute atomic E-state index is 11.3. The zero-order valence-corrected chi connectivity index (χ0v) is 14.1. The summed E-state index contributed by atoms with van der Waals surface area (Å²) in [6.45, 7) is 0.203. The van der Waals surface area contributed by atoms with E-state index in [0.717, 1.165) is 32.3 Å². The Morgan fingerprint density at radius 2 is 1.92 bits per heavy atom. The molecule has 0 bridgehead atoms. The summed E-state index contributed by atoms with van der Waals surface area (Å²) in [5.41, 5.74) is 3.23. The van der Waals surface area contributed by atoms with Gasteiger partial charge in [0, 0.05) is 19.7 Å². The fourth-order valence-corrected chi connectivity index (χ4v) is 2.64. The Balaban J connectivity index is 1.88. The SMILES string of the molecule is COc1ccc2c(c1)nnn2-c1ccc(CN(C)S(N)(=O)=O)cc1. The molecule has 0 amide bonds. The average molecular weight is 347 g/mol. The fraction of sp³-hybridized carbons (Fsp3) is 0.200. The molecule has 0 saturated heterocycles. The topological polar surface area (TPSA) is 103 Å². The molecule has 0 spiro atoms. The Hall–Kier alpha value is -2.49. The molecule has 0 fully saturated rings. The van der Waals surface area contributed by atoms with Gasteiger partial charge < -0.3 is 4.74 Å². The van der Waals surface area contributed by atoms with E-state index in [1.807, 2.05) is 42.5 Å². The normalized spacial score (nSPS) is 12.0. The Labute approximate surface area is 139 Å². The highest BCUT2D eigenvalue weighted by atomic mass is 32.2. The van der Waals surface area contributed by atoms with Crippen LogP contribution in [0.15, 0.2) is 42.5 Å². The van der Waals surface area contributed by atoms with Crippen molar-refractivity contribution in [2.75, 3.05) is 14.2 Å². The molecule has 2 aromatic carbocycles. The van der Waals surface area contributed by atoms with Crippen LogP contribution in [0.3, 0.4) is 0 Å². The molecule has 126 valence electrons. The van der Waals surface area contributed by atoms with Crippen molar-refractivity contribution in [3.8, 4) is 11.4 Å². The van der Waals surface area contributed by atoms with Gasteiger partial charge in [0.15, 0.2) is 0 Å². The van der Waals surface area contributed by atoms with Crippen LogP contribution in [0.4, 0.5) is 0 Å². The van der Waals surface area contributed by atoms with Gasteiger partial charge in [0.1, 0.15) is 11.3 Å². The number of ether oxygens (including phenoxy) is 1. The summed E-state index contributed by atoms with van der Waals surface area (Å²) in [4.78, 5) is 0. The van der Waals surface area contributed by atoms with Crippen molar-refractivity contribution in [3.63, 3.8) is 0 Å². The third-order valence-corrected chi connectivity index (χ3v) is 4.67. The third kappa shape index (κ3) is 3.23. The molecule has 1 aromatic heterocycles. The summed E-state index contributed by atoms with van der Waals surface area (Å²) in [5, 5.41) is 13.4. The summed E-state index contributed by atoms with van der Waals surface area (Å²) < 4.78 is 30.5. The van der Waals surface area contributed by atoms with Gasteiger partial charge in [0.2, 0.25) is 0 Å². The van der Waals surface area contributed by atoms with Gasteiger partial charge in [-0.1, -0.05) is 17.3 Å². The van der Waals surface area contributed by atoms with Crippen LogP contribution in [0.2, 0.25) is 0 Å². The number of fused-ring (bicyclic) bond motifs is 1. The number of rotatable bonds is 5. The van der Waals surface area contributed by atoms with E-state index in [1.54, 1.807) is 11.8 Å². The fourth-order valence-electron chi connectivity index (χ4n) is 2.31. The number of nitrogens with two attached hydrogens (primary N) is 1. The number of methoxy groups -OCH3 is 1. The first-order valence-electron chi connectivity index (χ1n) is 7.11. The summed E-state index contributed by atoms with van der Waals surface area (Å²) >= 11 is 0. The van der Waals surface area contributed by atoms with E-state index in [9.17, 15) is 8.42 Å². The Bertz CT molecular complexity index is 966. The van der Waals surface area contributed by atoms with Crippen LogP contribution in [0, 0.1) is 0 Å². The predicted octanol–water partition coefficient (Wildman–Crippen LogP) is 1.06. The van der Waals surface area contributed by atoms with Gasteiger partial charge in [0.05, 0.1) is 18.3 Å². The Kier molecular flexibility index (Phi) is 4.22. The van der Waals surface area contributed by atoms with E-state index < -0.39 is 10.2 Å². The molecular formula is C15H17N5O3S. The van der Waals surface area contributed by atoms with Gasteiger partial charge in [-0.25, -0.2) is 9.82 Å². The minimum atomic E-state index is -3.70. The van der Waals surface area contributed by atoms with Crippen molar-refractivity contribution >= 4 is 21.2 Å². The second-order valence-electron chi connectivity index (χ2n) is 5.32. The first-order chi connectivity index (χ1) is 11.4. The molecule has 0 aliphatic rings. The van der Waals surface area contributed by atoms with Crippen LogP contribution in [-0.2, 0) is 16.8 Å². The number of aromatic nitrogens is 3. The minimum Gasteiger partial charge on any atom is -0.497 e. The third-order valence-electron chi connectivity index (χ3n) is 3.67. The summed E-state index contributed by atoms with van der Waals surface area (Å²) in [6, 6.07) is 12.9. The zero-order valence-electron chi connectivity index (χ0n) is 13.2. The van der Waals surface area contributed by atoms with Crippen LogP contribution in [0.25, 0.3) is 16.7 Å². The maximum Gasteiger partial charge on any atom is 0.276 e. The van der Waals surface area contributed by atoms with Crippen molar-refractivity contribution in [2.24, 2.45) is 5.14 Å². The van der Waals surface area contributed by atoms with Crippen molar-refractivity contribution in [1.82, 2.24) is 19.3 Å². The van der Waals surface area contributed by atoms with Gasteiger partial charge in [-0.05, 0) is 29.8 Å². The van der Waals surface area contributed by atoms with Crippen LogP contribution >= 0.6 is 0 Å². The predicted molar refractivity (Wildman–Crippen MR) is 90.0 cm³/mol. The number of hydrogen-bond donors (Lipinski definition) is 1. The first-order valence-corrected chi connectivity index (χ1v) is 8.61. The van der Waals surface area contributed by atoms with E-state index in [2.05, 4.69) is 10.3 Å². The Morgan fingerprint density at radius 3 is 2.54 bits per heavy atom. The first kappa shape index (κ1) is 16.4. The molecule has 0 unspecified atom stereocenters. The second kappa shape index (κ2) is 6.19. The molecule has 24 heavy (non-hydrogen) atoms. The molecular weight excluding hydrogens is 330 g/mol. The lowest BCUT2D eigenvalue weighted by molar-refractivity contribution is 0.415. The molecule has 2 N–H and O–H groups in total. The average Bonchev–Trinajstić information content (AvgIpc) is 2.97. The van der Waals surface area contributed by atoms with Gasteiger partial charge in [-0.15, -0.1) is 5.10 Å². The van der Waals surface area contributed by atoms with Crippen molar-refractivity contribution < 1.29 is 13.2 Å². The molecule has 0 radical (unpaired) electrons. The van der Waals surface area contributed by atoms with Crippen LogP contribution in [0.5, 0.6) is 5.75 Å². The molecule has 8 nitrogen and oxygen atoms in total. The second-order valence-corrected chi connectivity index (χ2v) is 6.98. The van der Waals surface area contributed by atoms with Crippen LogP contribution in [-0.4, -0.2) is 41.9 Å². The molecule has 0 aliphatic carbocycles. The molecule has 0 atom stereocenters. The monoisotopic (exact) mass is 347 g/mol. The summed E-state index contributed by atoms with van der Waals surface area (Å²) in [5.74, 6) is 0.718. The summed E-state index contributed by atoms with van der Waals surface area (Å²) in [6.07, 6.45) is 0. The number of hydrogen-bond acceptors (Lipinski definition) is 5.